The number of hydrogen-bond donors (Lipinski definition) is 3. The molecule has 204 valence electrons. The van der Waals surface area contributed by atoms with Gasteiger partial charge >= 0.3 is 5.97 Å². The summed E-state index contributed by atoms with van der Waals surface area (Å²) in [7, 11) is 0. The lowest BCUT2D eigenvalue weighted by molar-refractivity contribution is -0.0385. The molecule has 0 aromatic carbocycles. The fourth-order valence-electron chi connectivity index (χ4n) is 8.36. The third-order valence-corrected chi connectivity index (χ3v) is 10.5. The molecular formula is C30H46N4O3. The molecule has 1 unspecified atom stereocenters. The molecule has 7 nitrogen and oxygen atoms in total. The molecule has 3 N–H and O–H groups in total. The van der Waals surface area contributed by atoms with Crippen LogP contribution in [0.1, 0.15) is 102 Å². The number of carbonyl (C=O) groups excluding carboxylic acids is 1. The minimum absolute atomic E-state index is 0.156. The summed E-state index contributed by atoms with van der Waals surface area (Å²) in [6.45, 7) is 10.1. The van der Waals surface area contributed by atoms with Crippen molar-refractivity contribution in [1.82, 2.24) is 9.97 Å². The van der Waals surface area contributed by atoms with E-state index in [1.54, 1.807) is 6.20 Å². The number of unbranched alkanes of at least 4 members (excludes halogenated alkanes) is 1. The van der Waals surface area contributed by atoms with Gasteiger partial charge in [0.1, 0.15) is 11.4 Å². The largest absolute Gasteiger partial charge is 0.462 e. The van der Waals surface area contributed by atoms with Crippen molar-refractivity contribution in [2.75, 3.05) is 23.8 Å². The van der Waals surface area contributed by atoms with Gasteiger partial charge in [-0.25, -0.2) is 9.78 Å². The van der Waals surface area contributed by atoms with Gasteiger partial charge in [-0.3, -0.25) is 0 Å². The Morgan fingerprint density at radius 3 is 2.78 bits per heavy atom. The number of nitrogens with one attached hydrogen (secondary N) is 2. The third-order valence-electron chi connectivity index (χ3n) is 10.5. The summed E-state index contributed by atoms with van der Waals surface area (Å²) in [6, 6.07) is 0.261. The fraction of sp³-hybridized carbons (Fsp3) is 0.767. The number of carbonyl (C=O) groups is 1. The van der Waals surface area contributed by atoms with E-state index in [1.807, 2.05) is 6.92 Å². The molecule has 5 rings (SSSR count). The van der Waals surface area contributed by atoms with Crippen LogP contribution < -0.4 is 10.6 Å². The maximum Gasteiger partial charge on any atom is 0.343 e. The molecule has 0 radical (unpaired) electrons. The summed E-state index contributed by atoms with van der Waals surface area (Å²) in [4.78, 5) is 21.9. The molecule has 7 atom stereocenters. The monoisotopic (exact) mass is 510 g/mol. The second kappa shape index (κ2) is 10.5. The molecule has 1 heterocycles. The maximum atomic E-state index is 12.8. The predicted molar refractivity (Wildman–Crippen MR) is 147 cm³/mol. The van der Waals surface area contributed by atoms with Crippen LogP contribution in [-0.2, 0) is 4.74 Å². The number of allylic oxidation sites excluding steroid dienone is 1. The van der Waals surface area contributed by atoms with E-state index in [1.165, 1.54) is 24.8 Å². The molecule has 3 fully saturated rings. The summed E-state index contributed by atoms with van der Waals surface area (Å²) < 4.78 is 5.34. The Bertz CT molecular complexity index is 1030. The molecule has 7 heteroatoms. The van der Waals surface area contributed by atoms with Crippen molar-refractivity contribution >= 4 is 17.7 Å². The van der Waals surface area contributed by atoms with E-state index >= 15 is 0 Å². The molecule has 0 aliphatic heterocycles. The molecule has 3 saturated carbocycles. The third kappa shape index (κ3) is 4.77. The lowest BCUT2D eigenvalue weighted by Crippen LogP contribution is -2.52. The summed E-state index contributed by atoms with van der Waals surface area (Å²) in [5, 5.41) is 17.4. The van der Waals surface area contributed by atoms with Crippen molar-refractivity contribution in [3.8, 4) is 0 Å². The number of nitrogens with zero attached hydrogens (tertiary/aromatic N) is 2. The smallest absolute Gasteiger partial charge is 0.343 e. The van der Waals surface area contributed by atoms with Crippen molar-refractivity contribution in [3.05, 3.63) is 23.4 Å². The van der Waals surface area contributed by atoms with Crippen LogP contribution in [-0.4, -0.2) is 46.3 Å². The Morgan fingerprint density at radius 2 is 2.00 bits per heavy atom. The van der Waals surface area contributed by atoms with E-state index in [4.69, 9.17) is 9.72 Å². The number of aliphatic hydroxyl groups is 1. The summed E-state index contributed by atoms with van der Waals surface area (Å²) in [5.74, 6) is 2.84. The molecule has 0 saturated heterocycles. The number of aliphatic hydroxyl groups excluding tert-OH is 1. The van der Waals surface area contributed by atoms with E-state index < -0.39 is 0 Å². The highest BCUT2D eigenvalue weighted by Gasteiger charge is 2.58. The second-order valence-electron chi connectivity index (χ2n) is 12.4. The molecule has 4 aliphatic carbocycles. The van der Waals surface area contributed by atoms with Crippen LogP contribution in [0, 0.1) is 28.6 Å². The summed E-state index contributed by atoms with van der Waals surface area (Å²) in [5.41, 5.74) is 2.34. The van der Waals surface area contributed by atoms with Crippen molar-refractivity contribution in [3.63, 3.8) is 0 Å². The highest BCUT2D eigenvalue weighted by Crippen LogP contribution is 2.65. The fourth-order valence-corrected chi connectivity index (χ4v) is 8.36. The highest BCUT2D eigenvalue weighted by atomic mass is 16.5. The first kappa shape index (κ1) is 26.5. The van der Waals surface area contributed by atoms with Crippen LogP contribution in [0.25, 0.3) is 0 Å². The lowest BCUT2D eigenvalue weighted by atomic mass is 9.48. The van der Waals surface area contributed by atoms with Gasteiger partial charge in [0.25, 0.3) is 0 Å². The molecule has 0 bridgehead atoms. The molecule has 0 spiro atoms. The van der Waals surface area contributed by atoms with Gasteiger partial charge in [-0.15, -0.1) is 0 Å². The zero-order chi connectivity index (χ0) is 26.2. The topological polar surface area (TPSA) is 96.4 Å². The van der Waals surface area contributed by atoms with Crippen LogP contribution in [0.3, 0.4) is 0 Å². The van der Waals surface area contributed by atoms with Gasteiger partial charge in [0, 0.05) is 18.8 Å². The Kier molecular flexibility index (Phi) is 7.54. The standard InChI is InChI=1S/C30H46N4O3/c1-5-7-16-31-28-32-18-22(27(36)37-6-2)26(34-28)33-25-11-10-23-21-9-8-19-17-20(35)12-14-29(19,3)24(21)13-15-30(23,25)4/h8,18,20-21,23-25,35H,5-7,9-17H2,1-4H3,(H2,31,32,33,34)/t20-,21-,23-,24-,25?,29-,30-/m0/s1. The van der Waals surface area contributed by atoms with Gasteiger partial charge in [-0.05, 0) is 93.3 Å². The van der Waals surface area contributed by atoms with Gasteiger partial charge in [0.15, 0.2) is 0 Å². The lowest BCUT2D eigenvalue weighted by Gasteiger charge is -2.58. The van der Waals surface area contributed by atoms with Crippen LogP contribution in [0.15, 0.2) is 17.8 Å². The van der Waals surface area contributed by atoms with Crippen molar-refractivity contribution < 1.29 is 14.6 Å². The quantitative estimate of drug-likeness (QED) is 0.225. The number of fused-ring (bicyclic) bond motifs is 5. The van der Waals surface area contributed by atoms with Crippen LogP contribution >= 0.6 is 0 Å². The Labute approximate surface area is 222 Å². The first-order valence-corrected chi connectivity index (χ1v) is 14.7. The normalized spacial score (nSPS) is 36.6. The SMILES string of the molecule is CCCCNc1ncc(C(=O)OCC)c(NC2CC[C@H]3[C@@H]4CC=C5C[C@@H](O)CC[C@]5(C)[C@H]4CC[C@]23C)n1. The van der Waals surface area contributed by atoms with Gasteiger partial charge in [0.05, 0.1) is 12.7 Å². The number of hydrogen-bond acceptors (Lipinski definition) is 7. The number of rotatable bonds is 8. The predicted octanol–water partition coefficient (Wildman–Crippen LogP) is 5.97. The van der Waals surface area contributed by atoms with E-state index in [0.29, 0.717) is 41.7 Å². The minimum atomic E-state index is -0.370. The number of anilines is 2. The molecule has 0 amide bonds. The van der Waals surface area contributed by atoms with Crippen molar-refractivity contribution in [1.29, 1.82) is 0 Å². The number of ether oxygens (including phenoxy) is 1. The zero-order valence-electron chi connectivity index (χ0n) is 23.2. The molecule has 4 aliphatic rings. The van der Waals surface area contributed by atoms with E-state index in [-0.39, 0.29) is 28.9 Å². The highest BCUT2D eigenvalue weighted by molar-refractivity contribution is 5.94. The second-order valence-corrected chi connectivity index (χ2v) is 12.4. The molecule has 37 heavy (non-hydrogen) atoms. The average molecular weight is 511 g/mol. The van der Waals surface area contributed by atoms with Gasteiger partial charge in [-0.1, -0.05) is 38.8 Å². The van der Waals surface area contributed by atoms with Gasteiger partial charge < -0.3 is 20.5 Å². The van der Waals surface area contributed by atoms with E-state index in [0.717, 1.165) is 51.5 Å². The number of aromatic nitrogens is 2. The van der Waals surface area contributed by atoms with Crippen LogP contribution in [0.4, 0.5) is 11.8 Å². The molecule has 1 aromatic rings. The van der Waals surface area contributed by atoms with E-state index in [2.05, 4.69) is 42.5 Å². The Balaban J connectivity index is 1.38. The van der Waals surface area contributed by atoms with E-state index in [9.17, 15) is 9.90 Å². The van der Waals surface area contributed by atoms with Gasteiger partial charge in [0.2, 0.25) is 5.95 Å². The van der Waals surface area contributed by atoms with Crippen molar-refractivity contribution in [2.24, 2.45) is 28.6 Å². The first-order chi connectivity index (χ1) is 17.8. The van der Waals surface area contributed by atoms with Gasteiger partial charge in [-0.2, -0.15) is 4.98 Å². The summed E-state index contributed by atoms with van der Waals surface area (Å²) >= 11 is 0. The van der Waals surface area contributed by atoms with Crippen molar-refractivity contribution in [2.45, 2.75) is 104 Å². The maximum absolute atomic E-state index is 12.8. The Hall–Kier alpha value is -2.15. The zero-order valence-corrected chi connectivity index (χ0v) is 23.2. The molecular weight excluding hydrogens is 464 g/mol. The Morgan fingerprint density at radius 1 is 1.16 bits per heavy atom. The van der Waals surface area contributed by atoms with Crippen LogP contribution in [0.2, 0.25) is 0 Å². The number of esters is 1. The molecule has 1 aromatic heterocycles. The minimum Gasteiger partial charge on any atom is -0.462 e. The van der Waals surface area contributed by atoms with Crippen LogP contribution in [0.5, 0.6) is 0 Å². The summed E-state index contributed by atoms with van der Waals surface area (Å²) in [6.07, 6.45) is 14.9. The first-order valence-electron chi connectivity index (χ1n) is 14.7. The average Bonchev–Trinajstić information content (AvgIpc) is 3.21.